The molecule has 0 amide bonds. The summed E-state index contributed by atoms with van der Waals surface area (Å²) in [5.74, 6) is -1.02. The number of ether oxygens (including phenoxy) is 2. The van der Waals surface area contributed by atoms with Gasteiger partial charge in [0.1, 0.15) is 11.5 Å². The predicted octanol–water partition coefficient (Wildman–Crippen LogP) is 5.71. The Hall–Kier alpha value is -1.50. The van der Waals surface area contributed by atoms with Gasteiger partial charge < -0.3 is 20.9 Å². The highest BCUT2D eigenvalue weighted by Gasteiger charge is 2.33. The molecule has 0 bridgehead atoms. The summed E-state index contributed by atoms with van der Waals surface area (Å²) in [4.78, 5) is 0. The molecule has 154 valence electrons. The van der Waals surface area contributed by atoms with Crippen molar-refractivity contribution in [3.63, 3.8) is 0 Å². The molecule has 0 heterocycles. The summed E-state index contributed by atoms with van der Waals surface area (Å²) in [6, 6.07) is 4.67. The van der Waals surface area contributed by atoms with Crippen molar-refractivity contribution in [1.82, 2.24) is 0 Å². The lowest BCUT2D eigenvalue weighted by Crippen LogP contribution is -2.27. The summed E-state index contributed by atoms with van der Waals surface area (Å²) in [7, 11) is 0. The van der Waals surface area contributed by atoms with Crippen LogP contribution < -0.4 is 20.9 Å². The zero-order valence-electron chi connectivity index (χ0n) is 13.6. The average molecular weight is 538 g/mol. The largest absolute Gasteiger partial charge is 0.573 e. The molecule has 2 aromatic carbocycles. The van der Waals surface area contributed by atoms with E-state index in [-0.39, 0.29) is 11.1 Å². The van der Waals surface area contributed by atoms with Gasteiger partial charge in [0, 0.05) is 8.95 Å². The van der Waals surface area contributed by atoms with Gasteiger partial charge in [0.05, 0.1) is 12.1 Å². The number of alkyl halides is 6. The highest BCUT2D eigenvalue weighted by atomic mass is 79.9. The van der Waals surface area contributed by atoms with Crippen molar-refractivity contribution in [3.8, 4) is 11.5 Å². The number of benzene rings is 2. The molecule has 0 fully saturated rings. The smallest absolute Gasteiger partial charge is 0.406 e. The number of nitrogens with two attached hydrogens (primary N) is 2. The number of rotatable bonds is 5. The van der Waals surface area contributed by atoms with Crippen LogP contribution in [-0.4, -0.2) is 12.7 Å². The molecule has 4 nitrogen and oxygen atoms in total. The Morgan fingerprint density at radius 3 is 1.29 bits per heavy atom. The van der Waals surface area contributed by atoms with Crippen molar-refractivity contribution in [3.05, 3.63) is 56.5 Å². The molecule has 0 aliphatic heterocycles. The van der Waals surface area contributed by atoms with Gasteiger partial charge in [0.25, 0.3) is 0 Å². The van der Waals surface area contributed by atoms with Gasteiger partial charge in [-0.2, -0.15) is 0 Å². The van der Waals surface area contributed by atoms with E-state index < -0.39 is 36.3 Å². The summed E-state index contributed by atoms with van der Waals surface area (Å²) in [6.07, 6.45) is -9.80. The van der Waals surface area contributed by atoms with E-state index in [1.807, 2.05) is 0 Å². The number of halogens is 8. The molecule has 0 radical (unpaired) electrons. The van der Waals surface area contributed by atoms with Gasteiger partial charge in [-0.3, -0.25) is 0 Å². The molecule has 0 saturated carbocycles. The van der Waals surface area contributed by atoms with Gasteiger partial charge >= 0.3 is 12.7 Å². The van der Waals surface area contributed by atoms with Crippen molar-refractivity contribution in [1.29, 1.82) is 0 Å². The van der Waals surface area contributed by atoms with Crippen molar-refractivity contribution in [2.45, 2.75) is 24.8 Å². The third-order valence-electron chi connectivity index (χ3n) is 3.51. The van der Waals surface area contributed by atoms with Crippen LogP contribution in [0.5, 0.6) is 11.5 Å². The first-order valence-corrected chi connectivity index (χ1v) is 8.97. The monoisotopic (exact) mass is 536 g/mol. The van der Waals surface area contributed by atoms with E-state index >= 15 is 0 Å². The fourth-order valence-electron chi connectivity index (χ4n) is 2.34. The molecule has 2 atom stereocenters. The Balaban J connectivity index is 2.35. The first-order chi connectivity index (χ1) is 12.8. The minimum absolute atomic E-state index is 0.170. The molecular formula is C16H12Br2F6N2O2. The third-order valence-corrected chi connectivity index (χ3v) is 4.95. The van der Waals surface area contributed by atoms with Crippen LogP contribution in [0.25, 0.3) is 0 Å². The van der Waals surface area contributed by atoms with Gasteiger partial charge in [-0.15, -0.1) is 26.3 Å². The second-order valence-electron chi connectivity index (χ2n) is 5.51. The fraction of sp³-hybridized carbons (Fsp3) is 0.250. The van der Waals surface area contributed by atoms with Crippen LogP contribution in [0.1, 0.15) is 23.2 Å². The van der Waals surface area contributed by atoms with Crippen LogP contribution in [0.4, 0.5) is 26.3 Å². The van der Waals surface area contributed by atoms with Gasteiger partial charge in [0.2, 0.25) is 0 Å². The van der Waals surface area contributed by atoms with Gasteiger partial charge in [-0.05, 0) is 47.5 Å². The molecule has 28 heavy (non-hydrogen) atoms. The summed E-state index contributed by atoms with van der Waals surface area (Å²) in [5.41, 5.74) is 12.5. The van der Waals surface area contributed by atoms with Crippen molar-refractivity contribution in [2.24, 2.45) is 11.5 Å². The van der Waals surface area contributed by atoms with Gasteiger partial charge in [-0.1, -0.05) is 31.9 Å². The van der Waals surface area contributed by atoms with Crippen molar-refractivity contribution < 1.29 is 35.8 Å². The fourth-order valence-corrected chi connectivity index (χ4v) is 3.36. The second kappa shape index (κ2) is 8.47. The quantitative estimate of drug-likeness (QED) is 0.479. The van der Waals surface area contributed by atoms with Crippen molar-refractivity contribution in [2.75, 3.05) is 0 Å². The maximum Gasteiger partial charge on any atom is 0.573 e. The number of hydrogen-bond acceptors (Lipinski definition) is 4. The lowest BCUT2D eigenvalue weighted by atomic mass is 9.94. The van der Waals surface area contributed by atoms with E-state index in [9.17, 15) is 26.3 Å². The maximum absolute atomic E-state index is 12.4. The molecule has 2 unspecified atom stereocenters. The normalized spacial score (nSPS) is 14.5. The van der Waals surface area contributed by atoms with Crippen LogP contribution in [0, 0.1) is 0 Å². The lowest BCUT2D eigenvalue weighted by molar-refractivity contribution is -0.275. The molecular weight excluding hydrogens is 526 g/mol. The highest BCUT2D eigenvalue weighted by Crippen LogP contribution is 2.37. The molecule has 0 saturated heterocycles. The highest BCUT2D eigenvalue weighted by molar-refractivity contribution is 9.10. The van der Waals surface area contributed by atoms with E-state index in [2.05, 4.69) is 41.3 Å². The van der Waals surface area contributed by atoms with Crippen LogP contribution in [0.15, 0.2) is 45.3 Å². The first-order valence-electron chi connectivity index (χ1n) is 7.38. The molecule has 2 aromatic rings. The van der Waals surface area contributed by atoms with Crippen LogP contribution >= 0.6 is 31.9 Å². The first kappa shape index (κ1) is 22.8. The Bertz CT molecular complexity index is 775. The molecule has 2 rings (SSSR count). The Kier molecular flexibility index (Phi) is 6.90. The summed E-state index contributed by atoms with van der Waals surface area (Å²) >= 11 is 6.33. The van der Waals surface area contributed by atoms with E-state index in [0.29, 0.717) is 8.95 Å². The molecule has 0 aliphatic rings. The molecule has 12 heteroatoms. The van der Waals surface area contributed by atoms with Crippen LogP contribution in [-0.2, 0) is 0 Å². The molecule has 0 spiro atoms. The summed E-state index contributed by atoms with van der Waals surface area (Å²) in [5, 5.41) is 0. The number of hydrogen-bond donors (Lipinski definition) is 2. The molecule has 4 N–H and O–H groups in total. The zero-order valence-corrected chi connectivity index (χ0v) is 16.8. The summed E-state index contributed by atoms with van der Waals surface area (Å²) < 4.78 is 83.0. The minimum atomic E-state index is -4.90. The minimum Gasteiger partial charge on any atom is -0.406 e. The van der Waals surface area contributed by atoms with Crippen molar-refractivity contribution >= 4 is 31.9 Å². The SMILES string of the molecule is NC(c1cc(OC(F)(F)F)ccc1Br)C(N)c1cc(OC(F)(F)F)ccc1Br. The van der Waals surface area contributed by atoms with E-state index in [1.165, 1.54) is 12.1 Å². The lowest BCUT2D eigenvalue weighted by Gasteiger charge is -2.24. The molecule has 0 aromatic heterocycles. The van der Waals surface area contributed by atoms with Gasteiger partial charge in [0.15, 0.2) is 0 Å². The standard InChI is InChI=1S/C16H12Br2F6N2O2/c17-11-3-1-7(27-15(19,20)21)5-9(11)13(25)14(26)10-6-8(2-4-12(10)18)28-16(22,23)24/h1-6,13-14H,25-26H2. The van der Waals surface area contributed by atoms with E-state index in [1.54, 1.807) is 0 Å². The average Bonchev–Trinajstić information content (AvgIpc) is 2.54. The second-order valence-corrected chi connectivity index (χ2v) is 7.22. The predicted molar refractivity (Wildman–Crippen MR) is 95.5 cm³/mol. The Labute approximate surface area is 172 Å². The topological polar surface area (TPSA) is 70.5 Å². The Morgan fingerprint density at radius 1 is 0.679 bits per heavy atom. The summed E-state index contributed by atoms with van der Waals surface area (Å²) in [6.45, 7) is 0. The van der Waals surface area contributed by atoms with E-state index in [0.717, 1.165) is 24.3 Å². The van der Waals surface area contributed by atoms with Gasteiger partial charge in [-0.25, -0.2) is 0 Å². The van der Waals surface area contributed by atoms with E-state index in [4.69, 9.17) is 11.5 Å². The maximum atomic E-state index is 12.4. The Morgan fingerprint density at radius 2 is 1.00 bits per heavy atom. The molecule has 0 aliphatic carbocycles. The third kappa shape index (κ3) is 6.26. The van der Waals surface area contributed by atoms with Crippen LogP contribution in [0.2, 0.25) is 0 Å². The zero-order chi connectivity index (χ0) is 21.3. The van der Waals surface area contributed by atoms with Crippen LogP contribution in [0.3, 0.4) is 0 Å².